The fraction of sp³-hybridized carbons (Fsp3) is 0.385. The van der Waals surface area contributed by atoms with Gasteiger partial charge in [-0.2, -0.15) is 4.65 Å². The zero-order chi connectivity index (χ0) is 25.3. The summed E-state index contributed by atoms with van der Waals surface area (Å²) in [4.78, 5) is 28.0. The minimum Gasteiger partial charge on any atom is -0.339 e. The van der Waals surface area contributed by atoms with Crippen LogP contribution in [0.5, 0.6) is 0 Å². The molecule has 1 aliphatic heterocycles. The van der Waals surface area contributed by atoms with Gasteiger partial charge in [0.1, 0.15) is 17.7 Å². The lowest BCUT2D eigenvalue weighted by Gasteiger charge is -2.36. The lowest BCUT2D eigenvalue weighted by Crippen LogP contribution is -2.57. The Morgan fingerprint density at radius 2 is 1.79 bits per heavy atom. The maximum atomic E-state index is 14.6. The molecule has 2 amide bonds. The summed E-state index contributed by atoms with van der Waals surface area (Å²) in [5, 5.41) is 12.7. The number of carbonyl (C=O) groups is 2. The first-order valence-electron chi connectivity index (χ1n) is 11.1. The first kappa shape index (κ1) is 25.5. The van der Waals surface area contributed by atoms with Crippen LogP contribution in [-0.2, 0) is 9.59 Å². The van der Waals surface area contributed by atoms with Gasteiger partial charge in [-0.3, -0.25) is 9.59 Å². The Bertz CT molecular complexity index is 1090. The maximum Gasteiger partial charge on any atom is 0.278 e. The van der Waals surface area contributed by atoms with Gasteiger partial charge in [0, 0.05) is 12.1 Å². The second-order valence-corrected chi connectivity index (χ2v) is 10.3. The summed E-state index contributed by atoms with van der Waals surface area (Å²) in [6.07, 6.45) is 1.76. The fourth-order valence-electron chi connectivity index (χ4n) is 4.05. The van der Waals surface area contributed by atoms with E-state index in [2.05, 4.69) is 5.32 Å². The van der Waals surface area contributed by atoms with Crippen molar-refractivity contribution in [3.63, 3.8) is 0 Å². The van der Waals surface area contributed by atoms with Crippen molar-refractivity contribution in [2.24, 2.45) is 5.41 Å². The summed E-state index contributed by atoms with van der Waals surface area (Å²) in [6.45, 7) is 5.34. The number of hydrogen-bond acceptors (Lipinski definition) is 3. The average molecular weight is 473 g/mol. The van der Waals surface area contributed by atoms with Crippen molar-refractivity contribution in [3.05, 3.63) is 77.4 Å². The number of quaternary nitrogens is 1. The highest BCUT2D eigenvalue weighted by atomic mass is 19.1. The quantitative estimate of drug-likeness (QED) is 0.495. The summed E-state index contributed by atoms with van der Waals surface area (Å²) in [5.74, 6) is -1.96. The zero-order valence-electron chi connectivity index (χ0n) is 20.2. The van der Waals surface area contributed by atoms with Crippen LogP contribution >= 0.6 is 0 Å². The molecule has 0 radical (unpaired) electrons. The lowest BCUT2D eigenvalue weighted by molar-refractivity contribution is -1.07. The average Bonchev–Trinajstić information content (AvgIpc) is 3.17. The molecule has 0 aromatic heterocycles. The first-order valence-corrected chi connectivity index (χ1v) is 11.1. The summed E-state index contributed by atoms with van der Waals surface area (Å²) >= 11 is 0. The first-order chi connectivity index (χ1) is 15.8. The number of rotatable bonds is 6. The predicted octanol–water partition coefficient (Wildman–Crippen LogP) is 3.93. The minimum atomic E-state index is -0.900. The van der Waals surface area contributed by atoms with Gasteiger partial charge in [0.2, 0.25) is 5.91 Å². The zero-order valence-corrected chi connectivity index (χ0v) is 20.2. The molecule has 2 atom stereocenters. The van der Waals surface area contributed by atoms with Crippen molar-refractivity contribution >= 4 is 17.4 Å². The number of benzene rings is 2. The van der Waals surface area contributed by atoms with E-state index in [0.717, 1.165) is 23.8 Å². The standard InChI is InChI=1S/C26H31F2N3O3/c1-26(2,3)24(29-23(32)16-31(4,5)34)25(33)30-15-18(20-14-19(27)11-12-21(20)28)13-22(30)17-9-7-6-8-10-17/h6-14,22,24,34H,15-16H2,1-5H3/p+1/t22-,24+/m0/s1. The van der Waals surface area contributed by atoms with Gasteiger partial charge in [-0.1, -0.05) is 57.2 Å². The van der Waals surface area contributed by atoms with Crippen LogP contribution in [0.2, 0.25) is 0 Å². The minimum absolute atomic E-state index is 0.0583. The van der Waals surface area contributed by atoms with Crippen molar-refractivity contribution in [1.29, 1.82) is 0 Å². The van der Waals surface area contributed by atoms with E-state index in [4.69, 9.17) is 0 Å². The predicted molar refractivity (Wildman–Crippen MR) is 125 cm³/mol. The van der Waals surface area contributed by atoms with Gasteiger partial charge in [-0.05, 0) is 34.8 Å². The third kappa shape index (κ3) is 6.07. The molecule has 0 aliphatic carbocycles. The number of carbonyl (C=O) groups excluding carboxylic acids is 2. The third-order valence-electron chi connectivity index (χ3n) is 5.68. The molecule has 3 rings (SSSR count). The molecule has 0 bridgehead atoms. The van der Waals surface area contributed by atoms with E-state index in [1.807, 2.05) is 51.1 Å². The molecule has 1 aliphatic rings. The highest BCUT2D eigenvalue weighted by molar-refractivity contribution is 5.91. The second-order valence-electron chi connectivity index (χ2n) is 10.3. The summed E-state index contributed by atoms with van der Waals surface area (Å²) in [7, 11) is 2.92. The van der Waals surface area contributed by atoms with Gasteiger partial charge in [-0.15, -0.1) is 0 Å². The molecule has 34 heavy (non-hydrogen) atoms. The summed E-state index contributed by atoms with van der Waals surface area (Å²) in [5.41, 5.74) is 0.765. The van der Waals surface area contributed by atoms with E-state index in [1.54, 1.807) is 11.0 Å². The van der Waals surface area contributed by atoms with Crippen molar-refractivity contribution in [2.75, 3.05) is 27.2 Å². The largest absolute Gasteiger partial charge is 0.339 e. The van der Waals surface area contributed by atoms with E-state index in [-0.39, 0.29) is 24.6 Å². The van der Waals surface area contributed by atoms with Crippen molar-refractivity contribution < 1.29 is 28.2 Å². The van der Waals surface area contributed by atoms with Crippen LogP contribution < -0.4 is 5.32 Å². The molecule has 8 heteroatoms. The molecule has 2 aromatic carbocycles. The summed E-state index contributed by atoms with van der Waals surface area (Å²) in [6, 6.07) is 11.1. The van der Waals surface area contributed by atoms with Crippen LogP contribution in [0.15, 0.2) is 54.6 Å². The Labute approximate surface area is 199 Å². The van der Waals surface area contributed by atoms with Crippen molar-refractivity contribution in [2.45, 2.75) is 32.9 Å². The molecule has 0 unspecified atom stereocenters. The molecule has 1 heterocycles. The van der Waals surface area contributed by atoms with Gasteiger partial charge in [0.05, 0.1) is 20.1 Å². The monoisotopic (exact) mass is 472 g/mol. The number of likely N-dealkylation sites (N-methyl/N-ethyl adjacent to an activating group) is 1. The van der Waals surface area contributed by atoms with E-state index < -0.39 is 39.7 Å². The highest BCUT2D eigenvalue weighted by Gasteiger charge is 2.41. The summed E-state index contributed by atoms with van der Waals surface area (Å²) < 4.78 is 27.9. The third-order valence-corrected chi connectivity index (χ3v) is 5.68. The Morgan fingerprint density at radius 1 is 1.15 bits per heavy atom. The van der Waals surface area contributed by atoms with Crippen LogP contribution in [0.1, 0.15) is 37.9 Å². The van der Waals surface area contributed by atoms with Crippen LogP contribution in [0, 0.1) is 17.0 Å². The molecule has 2 aromatic rings. The Hall–Kier alpha value is -3.10. The Balaban J connectivity index is 1.98. The van der Waals surface area contributed by atoms with Crippen LogP contribution in [0.4, 0.5) is 8.78 Å². The van der Waals surface area contributed by atoms with E-state index >= 15 is 0 Å². The van der Waals surface area contributed by atoms with Crippen LogP contribution in [0.25, 0.3) is 5.57 Å². The molecule has 0 spiro atoms. The molecule has 0 saturated carbocycles. The molecular weight excluding hydrogens is 440 g/mol. The number of nitrogens with zero attached hydrogens (tertiary/aromatic N) is 2. The van der Waals surface area contributed by atoms with Crippen LogP contribution in [-0.4, -0.2) is 59.8 Å². The smallest absolute Gasteiger partial charge is 0.278 e. The molecule has 182 valence electrons. The number of hydroxylamine groups is 3. The van der Waals surface area contributed by atoms with Gasteiger partial charge in [-0.25, -0.2) is 14.0 Å². The lowest BCUT2D eigenvalue weighted by atomic mass is 9.85. The van der Waals surface area contributed by atoms with Crippen LogP contribution in [0.3, 0.4) is 0 Å². The normalized spacial score (nSPS) is 17.4. The molecule has 6 nitrogen and oxygen atoms in total. The SMILES string of the molecule is CC(C)(C)[C@H](NC(=O)C[N+](C)(C)O)C(=O)N1CC(c2cc(F)ccc2F)=C[C@H]1c1ccccc1. The number of halogens is 2. The topological polar surface area (TPSA) is 69.6 Å². The van der Waals surface area contributed by atoms with Gasteiger partial charge in [0.25, 0.3) is 5.91 Å². The molecule has 2 N–H and O–H groups in total. The van der Waals surface area contributed by atoms with E-state index in [0.29, 0.717) is 5.57 Å². The van der Waals surface area contributed by atoms with Crippen molar-refractivity contribution in [1.82, 2.24) is 10.2 Å². The van der Waals surface area contributed by atoms with E-state index in [1.165, 1.54) is 14.1 Å². The van der Waals surface area contributed by atoms with Gasteiger partial charge in [0.15, 0.2) is 6.54 Å². The molecule has 0 fully saturated rings. The molecular formula is C26H32F2N3O3+. The van der Waals surface area contributed by atoms with Gasteiger partial charge < -0.3 is 10.2 Å². The van der Waals surface area contributed by atoms with Crippen molar-refractivity contribution in [3.8, 4) is 0 Å². The second kappa shape index (κ2) is 9.64. The highest BCUT2D eigenvalue weighted by Crippen LogP contribution is 2.37. The Kier molecular flexibility index (Phi) is 7.24. The fourth-order valence-corrected chi connectivity index (χ4v) is 4.05. The van der Waals surface area contributed by atoms with Gasteiger partial charge >= 0.3 is 0 Å². The molecule has 0 saturated heterocycles. The maximum absolute atomic E-state index is 14.6. The number of hydrogen-bond donors (Lipinski definition) is 2. The van der Waals surface area contributed by atoms with E-state index in [9.17, 15) is 23.6 Å². The Morgan fingerprint density at radius 3 is 2.38 bits per heavy atom. The number of amides is 2. The number of nitrogens with one attached hydrogen (secondary N) is 1.